The van der Waals surface area contributed by atoms with E-state index in [1.807, 2.05) is 0 Å². The zero-order chi connectivity index (χ0) is 15.4. The van der Waals surface area contributed by atoms with E-state index in [1.165, 1.54) is 31.6 Å². The number of benzene rings is 1. The van der Waals surface area contributed by atoms with Crippen molar-refractivity contribution < 1.29 is 0 Å². The summed E-state index contributed by atoms with van der Waals surface area (Å²) < 4.78 is 1.19. The molecule has 1 N–H and O–H groups in total. The van der Waals surface area contributed by atoms with Crippen molar-refractivity contribution in [2.75, 3.05) is 7.05 Å². The van der Waals surface area contributed by atoms with Crippen molar-refractivity contribution in [2.45, 2.75) is 46.1 Å². The van der Waals surface area contributed by atoms with Gasteiger partial charge in [-0.15, -0.1) is 11.3 Å². The minimum atomic E-state index is 0.281. The van der Waals surface area contributed by atoms with Gasteiger partial charge in [-0.25, -0.2) is 0 Å². The van der Waals surface area contributed by atoms with Crippen LogP contribution in [0.1, 0.15) is 54.6 Å². The maximum absolute atomic E-state index is 3.59. The number of nitrogens with one attached hydrogen (secondary N) is 1. The molecule has 0 saturated carbocycles. The van der Waals surface area contributed by atoms with Crippen molar-refractivity contribution in [3.63, 3.8) is 0 Å². The highest BCUT2D eigenvalue weighted by molar-refractivity contribution is 9.11. The molecule has 1 aromatic carbocycles. The molecule has 0 aliphatic rings. The van der Waals surface area contributed by atoms with Gasteiger partial charge in [0.25, 0.3) is 0 Å². The first-order valence-corrected chi connectivity index (χ1v) is 9.37. The molecule has 1 atom stereocenters. The lowest BCUT2D eigenvalue weighted by Gasteiger charge is -2.23. The summed E-state index contributed by atoms with van der Waals surface area (Å²) in [5, 5.41) is 5.77. The molecule has 0 bridgehead atoms. The molecule has 21 heavy (non-hydrogen) atoms. The summed E-state index contributed by atoms with van der Waals surface area (Å²) in [6.45, 7) is 6.75. The van der Waals surface area contributed by atoms with E-state index >= 15 is 0 Å². The lowest BCUT2D eigenvalue weighted by atomic mass is 9.87. The summed E-state index contributed by atoms with van der Waals surface area (Å²) >= 11 is 5.34. The van der Waals surface area contributed by atoms with Gasteiger partial charge in [-0.1, -0.05) is 32.9 Å². The highest BCUT2D eigenvalue weighted by Gasteiger charge is 2.20. The Hall–Kier alpha value is -0.640. The van der Waals surface area contributed by atoms with Gasteiger partial charge < -0.3 is 5.32 Å². The van der Waals surface area contributed by atoms with Crippen LogP contribution in [-0.2, 0) is 19.3 Å². The van der Waals surface area contributed by atoms with Gasteiger partial charge >= 0.3 is 0 Å². The Kier molecular flexibility index (Phi) is 6.03. The maximum Gasteiger partial charge on any atom is 0.0701 e. The zero-order valence-electron chi connectivity index (χ0n) is 13.3. The standard InChI is InChI=1S/C18H24BrNS/c1-5-12-8-13(6-2)17(14(7-3)9-12)18(20-4)15-10-16(19)21-11-15/h8-11,18,20H,5-7H2,1-4H3. The molecule has 1 nitrogen and oxygen atoms in total. The average Bonchev–Trinajstić information content (AvgIpc) is 2.94. The molecule has 0 saturated heterocycles. The predicted molar refractivity (Wildman–Crippen MR) is 97.5 cm³/mol. The smallest absolute Gasteiger partial charge is 0.0701 e. The van der Waals surface area contributed by atoms with Crippen LogP contribution in [0.5, 0.6) is 0 Å². The van der Waals surface area contributed by atoms with Gasteiger partial charge in [-0.2, -0.15) is 0 Å². The Bertz CT molecular complexity index is 578. The van der Waals surface area contributed by atoms with Crippen molar-refractivity contribution in [3.05, 3.63) is 55.2 Å². The molecule has 0 amide bonds. The van der Waals surface area contributed by atoms with Crippen LogP contribution in [-0.4, -0.2) is 7.05 Å². The first-order valence-electron chi connectivity index (χ1n) is 7.70. The van der Waals surface area contributed by atoms with E-state index in [4.69, 9.17) is 0 Å². The van der Waals surface area contributed by atoms with Crippen LogP contribution >= 0.6 is 27.3 Å². The summed E-state index contributed by atoms with van der Waals surface area (Å²) in [5.74, 6) is 0. The molecule has 0 radical (unpaired) electrons. The fourth-order valence-corrected chi connectivity index (χ4v) is 4.16. The van der Waals surface area contributed by atoms with Gasteiger partial charge in [0.05, 0.1) is 9.83 Å². The fraction of sp³-hybridized carbons (Fsp3) is 0.444. The molecule has 0 aliphatic carbocycles. The number of hydrogen-bond acceptors (Lipinski definition) is 2. The fourth-order valence-electron chi connectivity index (χ4n) is 2.96. The quantitative estimate of drug-likeness (QED) is 0.711. The number of rotatable bonds is 6. The molecular formula is C18H24BrNS. The van der Waals surface area contributed by atoms with E-state index in [0.717, 1.165) is 19.3 Å². The molecule has 1 unspecified atom stereocenters. The van der Waals surface area contributed by atoms with Crippen LogP contribution < -0.4 is 5.32 Å². The SMILES string of the molecule is CCc1cc(CC)c(C(NC)c2csc(Br)c2)c(CC)c1. The van der Waals surface area contributed by atoms with Gasteiger partial charge in [0.1, 0.15) is 0 Å². The van der Waals surface area contributed by atoms with E-state index in [9.17, 15) is 0 Å². The Labute approximate surface area is 140 Å². The van der Waals surface area contributed by atoms with Crippen LogP contribution in [0.3, 0.4) is 0 Å². The molecule has 3 heteroatoms. The minimum absolute atomic E-state index is 0.281. The molecule has 2 rings (SSSR count). The monoisotopic (exact) mass is 365 g/mol. The second-order valence-corrected chi connectivity index (χ2v) is 7.58. The summed E-state index contributed by atoms with van der Waals surface area (Å²) in [4.78, 5) is 0. The second-order valence-electron chi connectivity index (χ2n) is 5.29. The molecule has 1 aromatic heterocycles. The Morgan fingerprint density at radius 1 is 1.05 bits per heavy atom. The van der Waals surface area contributed by atoms with Crippen molar-refractivity contribution in [1.82, 2.24) is 5.32 Å². The van der Waals surface area contributed by atoms with Crippen molar-refractivity contribution in [3.8, 4) is 0 Å². The lowest BCUT2D eigenvalue weighted by molar-refractivity contribution is 0.677. The second kappa shape index (κ2) is 7.57. The van der Waals surface area contributed by atoms with Crippen LogP contribution in [0.25, 0.3) is 0 Å². The normalized spacial score (nSPS) is 12.6. The van der Waals surface area contributed by atoms with Crippen molar-refractivity contribution >= 4 is 27.3 Å². The third-order valence-corrected chi connectivity index (χ3v) is 5.60. The highest BCUT2D eigenvalue weighted by Crippen LogP contribution is 2.34. The number of halogens is 1. The molecule has 114 valence electrons. The zero-order valence-corrected chi connectivity index (χ0v) is 15.7. The van der Waals surface area contributed by atoms with Gasteiger partial charge in [0, 0.05) is 0 Å². The molecule has 0 fully saturated rings. The number of aryl methyl sites for hydroxylation is 3. The van der Waals surface area contributed by atoms with E-state index in [2.05, 4.69) is 72.6 Å². The third-order valence-electron chi connectivity index (χ3n) is 4.08. The molecule has 0 spiro atoms. The van der Waals surface area contributed by atoms with Gasteiger partial charge in [0.2, 0.25) is 0 Å². The molecule has 1 heterocycles. The van der Waals surface area contributed by atoms with Crippen LogP contribution in [0.15, 0.2) is 27.4 Å². The summed E-state index contributed by atoms with van der Waals surface area (Å²) in [6, 6.07) is 7.29. The highest BCUT2D eigenvalue weighted by atomic mass is 79.9. The van der Waals surface area contributed by atoms with Crippen molar-refractivity contribution in [2.24, 2.45) is 0 Å². The number of hydrogen-bond donors (Lipinski definition) is 1. The number of thiophene rings is 1. The van der Waals surface area contributed by atoms with Crippen LogP contribution in [0, 0.1) is 0 Å². The van der Waals surface area contributed by atoms with Gasteiger partial charge in [-0.05, 0) is 81.5 Å². The van der Waals surface area contributed by atoms with Crippen LogP contribution in [0.4, 0.5) is 0 Å². The van der Waals surface area contributed by atoms with E-state index in [-0.39, 0.29) is 6.04 Å². The summed E-state index contributed by atoms with van der Waals surface area (Å²) in [5.41, 5.74) is 7.24. The largest absolute Gasteiger partial charge is 0.309 e. The summed E-state index contributed by atoms with van der Waals surface area (Å²) in [7, 11) is 2.06. The Balaban J connectivity index is 2.58. The summed E-state index contributed by atoms with van der Waals surface area (Å²) in [6.07, 6.45) is 3.27. The molecule has 0 aliphatic heterocycles. The van der Waals surface area contributed by atoms with E-state index in [0.29, 0.717) is 0 Å². The molecular weight excluding hydrogens is 342 g/mol. The lowest BCUT2D eigenvalue weighted by Crippen LogP contribution is -2.20. The topological polar surface area (TPSA) is 12.0 Å². The Morgan fingerprint density at radius 2 is 1.67 bits per heavy atom. The van der Waals surface area contributed by atoms with Gasteiger partial charge in [0.15, 0.2) is 0 Å². The minimum Gasteiger partial charge on any atom is -0.309 e. The van der Waals surface area contributed by atoms with Crippen LogP contribution in [0.2, 0.25) is 0 Å². The predicted octanol–water partition coefficient (Wildman–Crippen LogP) is 5.51. The van der Waals surface area contributed by atoms with E-state index in [1.54, 1.807) is 11.3 Å². The average molecular weight is 366 g/mol. The Morgan fingerprint density at radius 3 is 2.05 bits per heavy atom. The third kappa shape index (κ3) is 3.58. The van der Waals surface area contributed by atoms with Gasteiger partial charge in [-0.3, -0.25) is 0 Å². The first-order chi connectivity index (χ1) is 10.1. The van der Waals surface area contributed by atoms with Crippen molar-refractivity contribution in [1.29, 1.82) is 0 Å². The first kappa shape index (κ1) is 16.7. The maximum atomic E-state index is 3.59. The van der Waals surface area contributed by atoms with E-state index < -0.39 is 0 Å². The molecule has 2 aromatic rings.